The van der Waals surface area contributed by atoms with Gasteiger partial charge in [0.25, 0.3) is 5.91 Å². The number of rotatable bonds is 7. The van der Waals surface area contributed by atoms with E-state index in [-0.39, 0.29) is 30.7 Å². The van der Waals surface area contributed by atoms with Gasteiger partial charge in [-0.2, -0.15) is 0 Å². The van der Waals surface area contributed by atoms with Crippen LogP contribution < -0.4 is 5.32 Å². The molecule has 1 N–H and O–H groups in total. The summed E-state index contributed by atoms with van der Waals surface area (Å²) < 4.78 is 5.34. The molecule has 2 aromatic rings. The lowest BCUT2D eigenvalue weighted by Crippen LogP contribution is -2.34. The summed E-state index contributed by atoms with van der Waals surface area (Å²) in [7, 11) is 0. The molecule has 0 aromatic heterocycles. The summed E-state index contributed by atoms with van der Waals surface area (Å²) in [4.78, 5) is 50.9. The number of benzene rings is 2. The highest BCUT2D eigenvalue weighted by Crippen LogP contribution is 2.29. The zero-order valence-electron chi connectivity index (χ0n) is 17.8. The van der Waals surface area contributed by atoms with Crippen LogP contribution in [0.2, 0.25) is 0 Å². The van der Waals surface area contributed by atoms with Crippen LogP contribution in [0.3, 0.4) is 0 Å². The van der Waals surface area contributed by atoms with Crippen molar-refractivity contribution in [2.45, 2.75) is 39.3 Å². The van der Waals surface area contributed by atoms with E-state index in [2.05, 4.69) is 5.32 Å². The molecule has 0 bridgehead atoms. The number of para-hydroxylation sites is 1. The van der Waals surface area contributed by atoms with E-state index in [4.69, 9.17) is 4.74 Å². The Hall–Kier alpha value is -3.48. The van der Waals surface area contributed by atoms with E-state index in [9.17, 15) is 19.2 Å². The molecule has 0 radical (unpaired) electrons. The molecule has 0 unspecified atom stereocenters. The number of carbonyl (C=O) groups excluding carboxylic acids is 4. The first-order valence-electron chi connectivity index (χ1n) is 10.2. The zero-order chi connectivity index (χ0) is 22.5. The van der Waals surface area contributed by atoms with Gasteiger partial charge in [0.2, 0.25) is 5.91 Å². The van der Waals surface area contributed by atoms with E-state index in [1.807, 2.05) is 37.3 Å². The van der Waals surface area contributed by atoms with Gasteiger partial charge in [0.15, 0.2) is 11.9 Å². The second-order valence-electron chi connectivity index (χ2n) is 7.70. The standard InChI is InChI=1S/C24H26N2O5/c1-15(18-9-5-4-6-10-18)26-14-19(13-22(26)28)24(30)31-17(3)23(29)25-21-12-8-7-11-20(21)16(2)27/h4-12,15,17,19H,13-14H2,1-3H3,(H,25,29)/t15-,17-,19+/m0/s1. The number of hydrogen-bond donors (Lipinski definition) is 1. The highest BCUT2D eigenvalue weighted by atomic mass is 16.5. The number of esters is 1. The molecule has 3 atom stereocenters. The van der Waals surface area contributed by atoms with Crippen LogP contribution in [0.15, 0.2) is 54.6 Å². The average molecular weight is 422 g/mol. The van der Waals surface area contributed by atoms with E-state index in [1.165, 1.54) is 13.8 Å². The fourth-order valence-corrected chi connectivity index (χ4v) is 3.63. The number of ether oxygens (including phenoxy) is 1. The quantitative estimate of drug-likeness (QED) is 0.546. The number of nitrogens with zero attached hydrogens (tertiary/aromatic N) is 1. The molecule has 1 saturated heterocycles. The monoisotopic (exact) mass is 422 g/mol. The van der Waals surface area contributed by atoms with E-state index in [1.54, 1.807) is 29.2 Å². The third-order valence-corrected chi connectivity index (χ3v) is 5.47. The maximum atomic E-state index is 12.6. The lowest BCUT2D eigenvalue weighted by atomic mass is 10.1. The van der Waals surface area contributed by atoms with E-state index >= 15 is 0 Å². The second-order valence-corrected chi connectivity index (χ2v) is 7.70. The highest BCUT2D eigenvalue weighted by Gasteiger charge is 2.38. The van der Waals surface area contributed by atoms with Gasteiger partial charge in [-0.3, -0.25) is 19.2 Å². The number of amides is 2. The van der Waals surface area contributed by atoms with Gasteiger partial charge in [-0.05, 0) is 38.5 Å². The van der Waals surface area contributed by atoms with Gasteiger partial charge in [-0.15, -0.1) is 0 Å². The lowest BCUT2D eigenvalue weighted by Gasteiger charge is -2.25. The first kappa shape index (κ1) is 22.2. The average Bonchev–Trinajstić information content (AvgIpc) is 3.15. The summed E-state index contributed by atoms with van der Waals surface area (Å²) in [5, 5.41) is 2.63. The maximum Gasteiger partial charge on any atom is 0.312 e. The number of likely N-dealkylation sites (tertiary alicyclic amines) is 1. The lowest BCUT2D eigenvalue weighted by molar-refractivity contribution is -0.157. The zero-order valence-corrected chi connectivity index (χ0v) is 17.8. The number of anilines is 1. The molecule has 7 heteroatoms. The SMILES string of the molecule is CC(=O)c1ccccc1NC(=O)[C@H](C)OC(=O)[C@@H]1CC(=O)N([C@@H](C)c2ccccc2)C1. The second kappa shape index (κ2) is 9.55. The molecule has 0 spiro atoms. The largest absolute Gasteiger partial charge is 0.452 e. The van der Waals surface area contributed by atoms with Crippen LogP contribution >= 0.6 is 0 Å². The topological polar surface area (TPSA) is 92.8 Å². The molecule has 2 aromatic carbocycles. The Kier molecular flexibility index (Phi) is 6.84. The molecule has 7 nitrogen and oxygen atoms in total. The molecular weight excluding hydrogens is 396 g/mol. The van der Waals surface area contributed by atoms with Crippen molar-refractivity contribution in [1.29, 1.82) is 0 Å². The van der Waals surface area contributed by atoms with Crippen molar-refractivity contribution >= 4 is 29.3 Å². The van der Waals surface area contributed by atoms with Gasteiger partial charge in [-0.1, -0.05) is 42.5 Å². The van der Waals surface area contributed by atoms with Crippen molar-refractivity contribution in [3.8, 4) is 0 Å². The summed E-state index contributed by atoms with van der Waals surface area (Å²) in [6.45, 7) is 5.04. The van der Waals surface area contributed by atoms with Gasteiger partial charge in [0.1, 0.15) is 0 Å². The molecule has 1 aliphatic rings. The number of ketones is 1. The van der Waals surface area contributed by atoms with E-state index in [0.29, 0.717) is 11.3 Å². The summed E-state index contributed by atoms with van der Waals surface area (Å²) in [6, 6.07) is 16.1. The van der Waals surface area contributed by atoms with Gasteiger partial charge in [0, 0.05) is 18.5 Å². The van der Waals surface area contributed by atoms with Crippen molar-refractivity contribution < 1.29 is 23.9 Å². The molecule has 0 aliphatic carbocycles. The van der Waals surface area contributed by atoms with Gasteiger partial charge >= 0.3 is 5.97 Å². The Balaban J connectivity index is 1.59. The first-order valence-corrected chi connectivity index (χ1v) is 10.2. The molecule has 0 saturated carbocycles. The predicted molar refractivity (Wildman–Crippen MR) is 115 cm³/mol. The maximum absolute atomic E-state index is 12.6. The molecule has 162 valence electrons. The Bertz CT molecular complexity index is 988. The van der Waals surface area contributed by atoms with Crippen LogP contribution in [-0.4, -0.2) is 41.1 Å². The molecule has 1 aliphatic heterocycles. The number of nitrogens with one attached hydrogen (secondary N) is 1. The predicted octanol–water partition coefficient (Wildman–Crippen LogP) is 3.37. The smallest absolute Gasteiger partial charge is 0.312 e. The van der Waals surface area contributed by atoms with E-state index < -0.39 is 23.9 Å². The van der Waals surface area contributed by atoms with Crippen LogP contribution in [0.5, 0.6) is 0 Å². The number of hydrogen-bond acceptors (Lipinski definition) is 5. The van der Waals surface area contributed by atoms with Gasteiger partial charge in [0.05, 0.1) is 17.6 Å². The fourth-order valence-electron chi connectivity index (χ4n) is 3.63. The third kappa shape index (κ3) is 5.17. The van der Waals surface area contributed by atoms with E-state index in [0.717, 1.165) is 5.56 Å². The minimum atomic E-state index is -1.07. The summed E-state index contributed by atoms with van der Waals surface area (Å²) in [6.07, 6.45) is -1.01. The van der Waals surface area contributed by atoms with Gasteiger partial charge < -0.3 is 15.0 Å². The summed E-state index contributed by atoms with van der Waals surface area (Å²) in [5.74, 6) is -2.05. The minimum Gasteiger partial charge on any atom is -0.452 e. The molecule has 1 fully saturated rings. The van der Waals surface area contributed by atoms with Crippen molar-refractivity contribution in [3.05, 3.63) is 65.7 Å². The van der Waals surface area contributed by atoms with Crippen LogP contribution in [0, 0.1) is 5.92 Å². The van der Waals surface area contributed by atoms with Crippen LogP contribution in [0.1, 0.15) is 49.2 Å². The molecule has 3 rings (SSSR count). The molecular formula is C24H26N2O5. The van der Waals surface area contributed by atoms with Crippen molar-refractivity contribution in [2.24, 2.45) is 5.92 Å². The van der Waals surface area contributed by atoms with Crippen molar-refractivity contribution in [1.82, 2.24) is 4.90 Å². The molecule has 31 heavy (non-hydrogen) atoms. The number of carbonyl (C=O) groups is 4. The minimum absolute atomic E-state index is 0.0531. The van der Waals surface area contributed by atoms with Crippen molar-refractivity contribution in [3.63, 3.8) is 0 Å². The molecule has 1 heterocycles. The first-order chi connectivity index (χ1) is 14.8. The molecule has 2 amide bonds. The Morgan fingerprint density at radius 1 is 1.03 bits per heavy atom. The van der Waals surface area contributed by atoms with Crippen LogP contribution in [0.25, 0.3) is 0 Å². The Morgan fingerprint density at radius 2 is 1.68 bits per heavy atom. The Morgan fingerprint density at radius 3 is 2.35 bits per heavy atom. The number of Topliss-reactive ketones (excluding diaryl/α,β-unsaturated/α-hetero) is 1. The van der Waals surface area contributed by atoms with Crippen molar-refractivity contribution in [2.75, 3.05) is 11.9 Å². The van der Waals surface area contributed by atoms with Crippen LogP contribution in [-0.2, 0) is 19.1 Å². The third-order valence-electron chi connectivity index (χ3n) is 5.47. The Labute approximate surface area is 181 Å². The summed E-state index contributed by atoms with van der Waals surface area (Å²) >= 11 is 0. The normalized spacial score (nSPS) is 17.7. The van der Waals surface area contributed by atoms with Crippen LogP contribution in [0.4, 0.5) is 5.69 Å². The van der Waals surface area contributed by atoms with Gasteiger partial charge in [-0.25, -0.2) is 0 Å². The highest BCUT2D eigenvalue weighted by molar-refractivity contribution is 6.04. The fraction of sp³-hybridized carbons (Fsp3) is 0.333. The summed E-state index contributed by atoms with van der Waals surface area (Å²) in [5.41, 5.74) is 1.73.